The molecule has 0 saturated carbocycles. The van der Waals surface area contributed by atoms with E-state index in [-0.39, 0.29) is 18.1 Å². The Morgan fingerprint density at radius 2 is 1.63 bits per heavy atom. The Labute approximate surface area is 175 Å². The van der Waals surface area contributed by atoms with Crippen LogP contribution in [0.25, 0.3) is 12.2 Å². The molecule has 2 N–H and O–H groups in total. The summed E-state index contributed by atoms with van der Waals surface area (Å²) in [6, 6.07) is 9.88. The fourth-order valence-corrected chi connectivity index (χ4v) is 2.43. The summed E-state index contributed by atoms with van der Waals surface area (Å²) >= 11 is 0. The molecule has 0 aliphatic carbocycles. The molecule has 0 atom stereocenters. The summed E-state index contributed by atoms with van der Waals surface area (Å²) in [4.78, 5) is 12.1. The van der Waals surface area contributed by atoms with Gasteiger partial charge in [-0.15, -0.1) is 6.42 Å². The summed E-state index contributed by atoms with van der Waals surface area (Å²) in [6.45, 7) is 0.124. The smallest absolute Gasteiger partial charge is 0.182 e. The van der Waals surface area contributed by atoms with Gasteiger partial charge in [0.2, 0.25) is 0 Å². The van der Waals surface area contributed by atoms with Gasteiger partial charge in [-0.1, -0.05) is 30.2 Å². The minimum Gasteiger partial charge on any atom is -0.508 e. The molecular formula is C24H22O6. The minimum atomic E-state index is -0.396. The summed E-state index contributed by atoms with van der Waals surface area (Å²) in [5.74, 6) is 3.09. The molecule has 0 heterocycles. The molecule has 0 radical (unpaired) electrons. The molecule has 2 aromatic carbocycles. The van der Waals surface area contributed by atoms with E-state index < -0.39 is 5.78 Å². The maximum atomic E-state index is 12.1. The summed E-state index contributed by atoms with van der Waals surface area (Å²) in [6.07, 6.45) is 12.1. The molecule has 2 rings (SSSR count). The van der Waals surface area contributed by atoms with Crippen molar-refractivity contribution in [2.45, 2.75) is 0 Å². The van der Waals surface area contributed by atoms with Crippen LogP contribution in [0.3, 0.4) is 0 Å². The predicted octanol–water partition coefficient (Wildman–Crippen LogP) is 4.16. The number of carbonyl (C=O) groups is 1. The van der Waals surface area contributed by atoms with Crippen LogP contribution in [0.4, 0.5) is 0 Å². The van der Waals surface area contributed by atoms with Gasteiger partial charge in [0.1, 0.15) is 12.4 Å². The molecule has 6 heteroatoms. The highest BCUT2D eigenvalue weighted by atomic mass is 16.5. The monoisotopic (exact) mass is 406 g/mol. The Morgan fingerprint density at radius 3 is 2.30 bits per heavy atom. The van der Waals surface area contributed by atoms with Crippen LogP contribution in [0.15, 0.2) is 60.4 Å². The van der Waals surface area contributed by atoms with Crippen molar-refractivity contribution in [3.8, 4) is 35.3 Å². The molecule has 0 amide bonds. The number of aromatic hydroxyl groups is 1. The van der Waals surface area contributed by atoms with Crippen molar-refractivity contribution in [1.82, 2.24) is 0 Å². The predicted molar refractivity (Wildman–Crippen MR) is 116 cm³/mol. The van der Waals surface area contributed by atoms with Gasteiger partial charge in [-0.3, -0.25) is 4.79 Å². The van der Waals surface area contributed by atoms with E-state index in [1.165, 1.54) is 32.4 Å². The van der Waals surface area contributed by atoms with Crippen molar-refractivity contribution < 1.29 is 29.2 Å². The number of methoxy groups -OCH3 is 2. The van der Waals surface area contributed by atoms with E-state index in [2.05, 4.69) is 5.92 Å². The lowest BCUT2D eigenvalue weighted by Crippen LogP contribution is -1.96. The SMILES string of the molecule is C#CCOc1ccc(/C=C/C(=O)/C=C(O)/C=C/c2ccc(O)c(OC)c2)cc1OC. The van der Waals surface area contributed by atoms with Gasteiger partial charge in [0.15, 0.2) is 28.8 Å². The van der Waals surface area contributed by atoms with E-state index >= 15 is 0 Å². The molecule has 30 heavy (non-hydrogen) atoms. The van der Waals surface area contributed by atoms with E-state index in [1.54, 1.807) is 42.5 Å². The Morgan fingerprint density at radius 1 is 1.00 bits per heavy atom. The van der Waals surface area contributed by atoms with E-state index in [1.807, 2.05) is 0 Å². The lowest BCUT2D eigenvalue weighted by Gasteiger charge is -2.09. The topological polar surface area (TPSA) is 85.2 Å². The van der Waals surface area contributed by atoms with Crippen LogP contribution in [0.2, 0.25) is 0 Å². The van der Waals surface area contributed by atoms with E-state index in [9.17, 15) is 15.0 Å². The van der Waals surface area contributed by atoms with Crippen LogP contribution in [-0.4, -0.2) is 36.8 Å². The number of ether oxygens (including phenoxy) is 3. The van der Waals surface area contributed by atoms with E-state index in [0.717, 1.165) is 6.08 Å². The number of allylic oxidation sites excluding steroid dienone is 3. The van der Waals surface area contributed by atoms with Gasteiger partial charge in [0.05, 0.1) is 14.2 Å². The maximum absolute atomic E-state index is 12.1. The van der Waals surface area contributed by atoms with Crippen molar-refractivity contribution in [3.05, 3.63) is 71.5 Å². The van der Waals surface area contributed by atoms with Crippen molar-refractivity contribution in [2.24, 2.45) is 0 Å². The highest BCUT2D eigenvalue weighted by Gasteiger charge is 2.05. The number of aliphatic hydroxyl groups excluding tert-OH is 1. The summed E-state index contributed by atoms with van der Waals surface area (Å²) < 4.78 is 15.6. The Kier molecular flexibility index (Phi) is 8.15. The fraction of sp³-hybridized carbons (Fsp3) is 0.125. The molecule has 0 bridgehead atoms. The molecule has 0 aromatic heterocycles. The lowest BCUT2D eigenvalue weighted by molar-refractivity contribution is -0.110. The van der Waals surface area contributed by atoms with Gasteiger partial charge in [0.25, 0.3) is 0 Å². The molecular weight excluding hydrogens is 384 g/mol. The van der Waals surface area contributed by atoms with Crippen LogP contribution in [-0.2, 0) is 4.79 Å². The average Bonchev–Trinajstić information content (AvgIpc) is 2.75. The first kappa shape index (κ1) is 22.2. The lowest BCUT2D eigenvalue weighted by atomic mass is 10.1. The second-order valence-electron chi connectivity index (χ2n) is 5.97. The van der Waals surface area contributed by atoms with Crippen molar-refractivity contribution in [2.75, 3.05) is 20.8 Å². The summed E-state index contributed by atoms with van der Waals surface area (Å²) in [5, 5.41) is 19.5. The van der Waals surface area contributed by atoms with Gasteiger partial charge in [-0.2, -0.15) is 0 Å². The number of hydrogen-bond donors (Lipinski definition) is 2. The standard InChI is InChI=1S/C24H22O6/c1-4-13-30-22-12-8-18(15-24(22)29-3)6-10-20(26)16-19(25)9-5-17-7-11-21(27)23(14-17)28-2/h1,5-12,14-16,25,27H,13H2,2-3H3/b9-5+,10-6+,19-16-. The van der Waals surface area contributed by atoms with Gasteiger partial charge in [-0.05, 0) is 47.5 Å². The Bertz CT molecular complexity index is 1020. The first-order valence-electron chi connectivity index (χ1n) is 8.89. The highest BCUT2D eigenvalue weighted by molar-refractivity contribution is 6.02. The van der Waals surface area contributed by atoms with Crippen LogP contribution in [0.1, 0.15) is 11.1 Å². The molecule has 0 fully saturated rings. The van der Waals surface area contributed by atoms with Crippen molar-refractivity contribution in [1.29, 1.82) is 0 Å². The number of ketones is 1. The average molecular weight is 406 g/mol. The molecule has 0 unspecified atom stereocenters. The number of phenols is 1. The number of hydrogen-bond acceptors (Lipinski definition) is 6. The quantitative estimate of drug-likeness (QED) is 0.282. The number of rotatable bonds is 9. The molecule has 6 nitrogen and oxygen atoms in total. The molecule has 0 saturated heterocycles. The number of carbonyl (C=O) groups excluding carboxylic acids is 1. The third-order valence-corrected chi connectivity index (χ3v) is 3.88. The normalized spacial score (nSPS) is 11.4. The van der Waals surface area contributed by atoms with Gasteiger partial charge >= 0.3 is 0 Å². The number of aliphatic hydroxyl groups is 1. The maximum Gasteiger partial charge on any atom is 0.182 e. The van der Waals surface area contributed by atoms with Crippen LogP contribution in [0.5, 0.6) is 23.0 Å². The minimum absolute atomic E-state index is 0.0157. The molecule has 2 aromatic rings. The molecule has 154 valence electrons. The van der Waals surface area contributed by atoms with Crippen molar-refractivity contribution in [3.63, 3.8) is 0 Å². The molecule has 0 aliphatic heterocycles. The zero-order chi connectivity index (χ0) is 21.9. The third kappa shape index (κ3) is 6.50. The third-order valence-electron chi connectivity index (χ3n) is 3.88. The van der Waals surface area contributed by atoms with Crippen LogP contribution >= 0.6 is 0 Å². The first-order chi connectivity index (χ1) is 14.5. The van der Waals surface area contributed by atoms with E-state index in [0.29, 0.717) is 28.4 Å². The Balaban J connectivity index is 2.05. The second kappa shape index (κ2) is 11.0. The Hall–Kier alpha value is -4.11. The van der Waals surface area contributed by atoms with Gasteiger partial charge < -0.3 is 24.4 Å². The van der Waals surface area contributed by atoms with Gasteiger partial charge in [0, 0.05) is 6.08 Å². The largest absolute Gasteiger partial charge is 0.508 e. The van der Waals surface area contributed by atoms with Crippen LogP contribution < -0.4 is 14.2 Å². The first-order valence-corrected chi connectivity index (χ1v) is 8.89. The van der Waals surface area contributed by atoms with E-state index in [4.69, 9.17) is 20.6 Å². The second-order valence-corrected chi connectivity index (χ2v) is 5.97. The zero-order valence-electron chi connectivity index (χ0n) is 16.7. The summed E-state index contributed by atoms with van der Waals surface area (Å²) in [5.41, 5.74) is 1.40. The number of terminal acetylenes is 1. The van der Waals surface area contributed by atoms with Gasteiger partial charge in [-0.25, -0.2) is 0 Å². The highest BCUT2D eigenvalue weighted by Crippen LogP contribution is 2.28. The number of phenolic OH excluding ortho intramolecular Hbond substituents is 1. The molecule has 0 aliphatic rings. The van der Waals surface area contributed by atoms with Crippen molar-refractivity contribution >= 4 is 17.9 Å². The summed E-state index contributed by atoms with van der Waals surface area (Å²) in [7, 11) is 2.95. The number of benzene rings is 2. The fourth-order valence-electron chi connectivity index (χ4n) is 2.43. The molecule has 0 spiro atoms. The zero-order valence-corrected chi connectivity index (χ0v) is 16.7. The van der Waals surface area contributed by atoms with Crippen LogP contribution in [0, 0.1) is 12.3 Å².